The molecule has 1 aromatic carbocycles. The number of nitrogen functional groups attached to an aromatic ring is 1. The highest BCUT2D eigenvalue weighted by Gasteiger charge is 2.11. The van der Waals surface area contributed by atoms with E-state index in [1.54, 1.807) is 41.4 Å². The van der Waals surface area contributed by atoms with E-state index in [4.69, 9.17) is 5.73 Å². The number of carbonyl (C=O) groups is 1. The van der Waals surface area contributed by atoms with Gasteiger partial charge >= 0.3 is 0 Å². The van der Waals surface area contributed by atoms with Crippen LogP contribution in [0.3, 0.4) is 0 Å². The number of carbonyl (C=O) groups excluding carboxylic acids is 1. The number of amides is 1. The van der Waals surface area contributed by atoms with E-state index in [0.717, 1.165) is 16.3 Å². The van der Waals surface area contributed by atoms with Crippen LogP contribution in [0.2, 0.25) is 0 Å². The first-order valence-corrected chi connectivity index (χ1v) is 7.24. The minimum absolute atomic E-state index is 0.184. The summed E-state index contributed by atoms with van der Waals surface area (Å²) in [7, 11) is 1.79. The van der Waals surface area contributed by atoms with Crippen molar-refractivity contribution in [1.82, 2.24) is 9.55 Å². The summed E-state index contributed by atoms with van der Waals surface area (Å²) in [5.74, 6) is -0.184. The van der Waals surface area contributed by atoms with Crippen LogP contribution < -0.4 is 11.1 Å². The van der Waals surface area contributed by atoms with E-state index in [1.807, 2.05) is 29.6 Å². The predicted molar refractivity (Wildman–Crippen MR) is 85.3 cm³/mol. The Morgan fingerprint density at radius 1 is 1.33 bits per heavy atom. The average molecular weight is 298 g/mol. The van der Waals surface area contributed by atoms with Gasteiger partial charge in [-0.15, -0.1) is 11.3 Å². The van der Waals surface area contributed by atoms with Gasteiger partial charge in [-0.05, 0) is 30.3 Å². The number of nitrogens with zero attached hydrogens (tertiary/aromatic N) is 2. The van der Waals surface area contributed by atoms with Crippen LogP contribution >= 0.6 is 11.3 Å². The van der Waals surface area contributed by atoms with Gasteiger partial charge in [0.2, 0.25) is 0 Å². The number of rotatable bonds is 3. The number of thiazole rings is 1. The Bertz CT molecular complexity index is 760. The van der Waals surface area contributed by atoms with Crippen molar-refractivity contribution in [3.63, 3.8) is 0 Å². The van der Waals surface area contributed by atoms with Gasteiger partial charge in [-0.1, -0.05) is 0 Å². The lowest BCUT2D eigenvalue weighted by atomic mass is 10.2. The van der Waals surface area contributed by atoms with Crippen molar-refractivity contribution in [2.75, 3.05) is 11.1 Å². The molecule has 0 aliphatic heterocycles. The molecule has 0 atom stereocenters. The Balaban J connectivity index is 1.76. The molecule has 0 spiro atoms. The third-order valence-electron chi connectivity index (χ3n) is 3.08. The summed E-state index contributed by atoms with van der Waals surface area (Å²) < 4.78 is 1.70. The molecular weight excluding hydrogens is 284 g/mol. The van der Waals surface area contributed by atoms with Crippen LogP contribution in [0.5, 0.6) is 0 Å². The van der Waals surface area contributed by atoms with E-state index >= 15 is 0 Å². The zero-order valence-electron chi connectivity index (χ0n) is 11.4. The first-order chi connectivity index (χ1) is 10.1. The van der Waals surface area contributed by atoms with Gasteiger partial charge in [-0.3, -0.25) is 4.79 Å². The number of aromatic nitrogens is 2. The second-order valence-corrected chi connectivity index (χ2v) is 5.53. The summed E-state index contributed by atoms with van der Waals surface area (Å²) in [6.07, 6.45) is 3.48. The van der Waals surface area contributed by atoms with Crippen molar-refractivity contribution in [3.05, 3.63) is 53.8 Å². The molecule has 0 fully saturated rings. The molecule has 0 unspecified atom stereocenters. The topological polar surface area (TPSA) is 72.9 Å². The third kappa shape index (κ3) is 2.80. The van der Waals surface area contributed by atoms with E-state index < -0.39 is 0 Å². The SMILES string of the molecule is Cn1cc(N)cc1C(=O)Nc1ccc(-c2nccs2)cc1. The fourth-order valence-corrected chi connectivity index (χ4v) is 2.72. The molecule has 106 valence electrons. The molecule has 6 heteroatoms. The summed E-state index contributed by atoms with van der Waals surface area (Å²) in [5.41, 5.74) is 8.54. The van der Waals surface area contributed by atoms with E-state index in [2.05, 4.69) is 10.3 Å². The largest absolute Gasteiger partial charge is 0.397 e. The second-order valence-electron chi connectivity index (χ2n) is 4.64. The second kappa shape index (κ2) is 5.41. The van der Waals surface area contributed by atoms with Crippen LogP contribution in [-0.2, 0) is 7.05 Å². The molecule has 0 bridgehead atoms. The molecular formula is C15H14N4OS. The van der Waals surface area contributed by atoms with Gasteiger partial charge in [0.15, 0.2) is 0 Å². The van der Waals surface area contributed by atoms with Crippen molar-refractivity contribution in [2.45, 2.75) is 0 Å². The Labute approximate surface area is 126 Å². The summed E-state index contributed by atoms with van der Waals surface area (Å²) in [6.45, 7) is 0. The molecule has 21 heavy (non-hydrogen) atoms. The minimum Gasteiger partial charge on any atom is -0.397 e. The van der Waals surface area contributed by atoms with Crippen LogP contribution in [0, 0.1) is 0 Å². The molecule has 1 amide bonds. The number of benzene rings is 1. The molecule has 0 saturated carbocycles. The van der Waals surface area contributed by atoms with Crippen molar-refractivity contribution in [3.8, 4) is 10.6 Å². The Morgan fingerprint density at radius 2 is 2.10 bits per heavy atom. The number of anilines is 2. The lowest BCUT2D eigenvalue weighted by molar-refractivity contribution is 0.101. The van der Waals surface area contributed by atoms with Gasteiger partial charge in [0.05, 0.1) is 5.69 Å². The minimum atomic E-state index is -0.184. The highest BCUT2D eigenvalue weighted by atomic mass is 32.1. The summed E-state index contributed by atoms with van der Waals surface area (Å²) in [6, 6.07) is 9.25. The number of hydrogen-bond donors (Lipinski definition) is 2. The predicted octanol–water partition coefficient (Wildman–Crippen LogP) is 2.98. The summed E-state index contributed by atoms with van der Waals surface area (Å²) >= 11 is 1.58. The van der Waals surface area contributed by atoms with E-state index in [-0.39, 0.29) is 5.91 Å². The molecule has 0 radical (unpaired) electrons. The molecule has 3 N–H and O–H groups in total. The zero-order valence-corrected chi connectivity index (χ0v) is 12.2. The van der Waals surface area contributed by atoms with Gasteiger partial charge in [0, 0.05) is 36.1 Å². The maximum Gasteiger partial charge on any atom is 0.272 e. The molecule has 3 aromatic rings. The van der Waals surface area contributed by atoms with Crippen LogP contribution in [0.25, 0.3) is 10.6 Å². The van der Waals surface area contributed by atoms with E-state index in [1.165, 1.54) is 0 Å². The molecule has 0 saturated heterocycles. The lowest BCUT2D eigenvalue weighted by Gasteiger charge is -2.06. The standard InChI is InChI=1S/C15H14N4OS/c1-19-9-11(16)8-13(19)14(20)18-12-4-2-10(3-5-12)15-17-6-7-21-15/h2-9H,16H2,1H3,(H,18,20). The smallest absolute Gasteiger partial charge is 0.272 e. The number of hydrogen-bond acceptors (Lipinski definition) is 4. The fourth-order valence-electron chi connectivity index (χ4n) is 2.07. The van der Waals surface area contributed by atoms with Crippen molar-refractivity contribution in [2.24, 2.45) is 7.05 Å². The first kappa shape index (κ1) is 13.4. The Morgan fingerprint density at radius 3 is 2.67 bits per heavy atom. The molecule has 5 nitrogen and oxygen atoms in total. The van der Waals surface area contributed by atoms with Gasteiger partial charge < -0.3 is 15.6 Å². The van der Waals surface area contributed by atoms with Crippen molar-refractivity contribution in [1.29, 1.82) is 0 Å². The number of nitrogens with two attached hydrogens (primary N) is 1. The normalized spacial score (nSPS) is 10.5. The average Bonchev–Trinajstić information content (AvgIpc) is 3.09. The van der Waals surface area contributed by atoms with E-state index in [9.17, 15) is 4.79 Å². The molecule has 2 heterocycles. The van der Waals surface area contributed by atoms with Crippen LogP contribution in [0.1, 0.15) is 10.5 Å². The number of nitrogens with one attached hydrogen (secondary N) is 1. The fraction of sp³-hybridized carbons (Fsp3) is 0.0667. The van der Waals surface area contributed by atoms with Crippen LogP contribution in [0.15, 0.2) is 48.1 Å². The lowest BCUT2D eigenvalue weighted by Crippen LogP contribution is -2.15. The maximum atomic E-state index is 12.2. The highest BCUT2D eigenvalue weighted by molar-refractivity contribution is 7.13. The maximum absolute atomic E-state index is 12.2. The monoisotopic (exact) mass is 298 g/mol. The van der Waals surface area contributed by atoms with Gasteiger partial charge in [-0.2, -0.15) is 0 Å². The quantitative estimate of drug-likeness (QED) is 0.780. The molecule has 0 aliphatic carbocycles. The van der Waals surface area contributed by atoms with Gasteiger partial charge in [-0.25, -0.2) is 4.98 Å². The molecule has 2 aromatic heterocycles. The van der Waals surface area contributed by atoms with Gasteiger partial charge in [0.25, 0.3) is 5.91 Å². The Kier molecular flexibility index (Phi) is 3.45. The van der Waals surface area contributed by atoms with Gasteiger partial charge in [0.1, 0.15) is 10.7 Å². The first-order valence-electron chi connectivity index (χ1n) is 6.36. The number of aryl methyl sites for hydroxylation is 1. The van der Waals surface area contributed by atoms with E-state index in [0.29, 0.717) is 11.4 Å². The Hall–Kier alpha value is -2.60. The summed E-state index contributed by atoms with van der Waals surface area (Å²) in [4.78, 5) is 16.4. The summed E-state index contributed by atoms with van der Waals surface area (Å²) in [5, 5.41) is 5.75. The van der Waals surface area contributed by atoms with Crippen molar-refractivity contribution < 1.29 is 4.79 Å². The third-order valence-corrected chi connectivity index (χ3v) is 3.90. The molecule has 0 aliphatic rings. The zero-order chi connectivity index (χ0) is 14.8. The highest BCUT2D eigenvalue weighted by Crippen LogP contribution is 2.23. The molecule has 3 rings (SSSR count). The van der Waals surface area contributed by atoms with Crippen LogP contribution in [0.4, 0.5) is 11.4 Å². The van der Waals surface area contributed by atoms with Crippen LogP contribution in [-0.4, -0.2) is 15.5 Å². The van der Waals surface area contributed by atoms with Crippen molar-refractivity contribution >= 4 is 28.6 Å².